The quantitative estimate of drug-likeness (QED) is 0.500. The van der Waals surface area contributed by atoms with E-state index < -0.39 is 0 Å². The number of ether oxygens (including phenoxy) is 2. The van der Waals surface area contributed by atoms with E-state index in [1.807, 2.05) is 19.1 Å². The number of hydrazone groups is 1. The molecule has 0 amide bonds. The molecule has 15 heavy (non-hydrogen) atoms. The van der Waals surface area contributed by atoms with Gasteiger partial charge < -0.3 is 14.5 Å². The Morgan fingerprint density at radius 3 is 2.53 bits per heavy atom. The lowest BCUT2D eigenvalue weighted by Crippen LogP contribution is -2.11. The Balaban J connectivity index is 2.16. The van der Waals surface area contributed by atoms with Crippen molar-refractivity contribution in [3.63, 3.8) is 0 Å². The van der Waals surface area contributed by atoms with Crippen molar-refractivity contribution in [2.24, 2.45) is 5.10 Å². The van der Waals surface area contributed by atoms with Gasteiger partial charge >= 0.3 is 0 Å². The van der Waals surface area contributed by atoms with Crippen molar-refractivity contribution >= 4 is 5.71 Å². The predicted octanol–water partition coefficient (Wildman–Crippen LogP) is 1.86. The van der Waals surface area contributed by atoms with Crippen LogP contribution in [-0.4, -0.2) is 44.3 Å². The highest BCUT2D eigenvalue weighted by Gasteiger charge is 2.15. The van der Waals surface area contributed by atoms with Gasteiger partial charge in [-0.2, -0.15) is 5.10 Å². The van der Waals surface area contributed by atoms with Gasteiger partial charge in [-0.05, 0) is 25.7 Å². The summed E-state index contributed by atoms with van der Waals surface area (Å²) in [5, 5.41) is 6.29. The summed E-state index contributed by atoms with van der Waals surface area (Å²) in [7, 11) is 3.91. The standard InChI is InChI=1S/C11H22N2O2/c1-4-10(12-13(2)3)6-5-7-11-14-8-9-15-11/h11H,4-9H2,1-3H3/b12-10+. The third kappa shape index (κ3) is 5.14. The summed E-state index contributed by atoms with van der Waals surface area (Å²) in [6.45, 7) is 3.64. The van der Waals surface area contributed by atoms with Crippen LogP contribution in [0.25, 0.3) is 0 Å². The molecule has 1 heterocycles. The van der Waals surface area contributed by atoms with Gasteiger partial charge in [0.15, 0.2) is 6.29 Å². The molecule has 88 valence electrons. The summed E-state index contributed by atoms with van der Waals surface area (Å²) in [5.74, 6) is 0. The molecule has 4 heteroatoms. The summed E-state index contributed by atoms with van der Waals surface area (Å²) in [5.41, 5.74) is 1.25. The Labute approximate surface area is 92.2 Å². The van der Waals surface area contributed by atoms with Crippen molar-refractivity contribution in [3.8, 4) is 0 Å². The first-order valence-electron chi connectivity index (χ1n) is 5.69. The maximum Gasteiger partial charge on any atom is 0.157 e. The van der Waals surface area contributed by atoms with Crippen molar-refractivity contribution in [2.45, 2.75) is 38.9 Å². The van der Waals surface area contributed by atoms with Gasteiger partial charge in [0, 0.05) is 19.8 Å². The number of nitrogens with zero attached hydrogens (tertiary/aromatic N) is 2. The van der Waals surface area contributed by atoms with Crippen LogP contribution in [-0.2, 0) is 9.47 Å². The van der Waals surface area contributed by atoms with E-state index in [1.165, 1.54) is 5.71 Å². The smallest absolute Gasteiger partial charge is 0.157 e. The molecule has 1 aliphatic heterocycles. The number of hydrogen-bond acceptors (Lipinski definition) is 4. The fourth-order valence-corrected chi connectivity index (χ4v) is 1.63. The average Bonchev–Trinajstić information content (AvgIpc) is 2.68. The molecule has 1 saturated heterocycles. The van der Waals surface area contributed by atoms with Crippen LogP contribution in [0.2, 0.25) is 0 Å². The Morgan fingerprint density at radius 2 is 2.00 bits per heavy atom. The second kappa shape index (κ2) is 6.80. The molecule has 1 rings (SSSR count). The fourth-order valence-electron chi connectivity index (χ4n) is 1.63. The molecule has 0 bridgehead atoms. The Morgan fingerprint density at radius 1 is 1.33 bits per heavy atom. The number of rotatable bonds is 6. The van der Waals surface area contributed by atoms with Crippen molar-refractivity contribution in [1.82, 2.24) is 5.01 Å². The Bertz CT molecular complexity index is 199. The normalized spacial score (nSPS) is 18.5. The molecule has 0 unspecified atom stereocenters. The van der Waals surface area contributed by atoms with E-state index in [4.69, 9.17) is 9.47 Å². The van der Waals surface area contributed by atoms with Crippen molar-refractivity contribution in [3.05, 3.63) is 0 Å². The maximum absolute atomic E-state index is 5.38. The minimum Gasteiger partial charge on any atom is -0.350 e. The summed E-state index contributed by atoms with van der Waals surface area (Å²) < 4.78 is 10.8. The first-order chi connectivity index (χ1) is 7.22. The molecule has 1 fully saturated rings. The fraction of sp³-hybridized carbons (Fsp3) is 0.909. The minimum atomic E-state index is 0.0301. The maximum atomic E-state index is 5.38. The lowest BCUT2D eigenvalue weighted by Gasteiger charge is -2.11. The molecule has 0 radical (unpaired) electrons. The van der Waals surface area contributed by atoms with Crippen LogP contribution in [0.1, 0.15) is 32.6 Å². The first kappa shape index (κ1) is 12.5. The van der Waals surface area contributed by atoms with E-state index in [1.54, 1.807) is 0 Å². The molecule has 0 atom stereocenters. The molecule has 0 N–H and O–H groups in total. The molecular formula is C11H22N2O2. The van der Waals surface area contributed by atoms with Crippen LogP contribution in [0.5, 0.6) is 0 Å². The molecule has 4 nitrogen and oxygen atoms in total. The third-order valence-corrected chi connectivity index (χ3v) is 2.35. The summed E-state index contributed by atoms with van der Waals surface area (Å²) in [4.78, 5) is 0. The van der Waals surface area contributed by atoms with E-state index in [2.05, 4.69) is 12.0 Å². The second-order valence-electron chi connectivity index (χ2n) is 3.93. The van der Waals surface area contributed by atoms with Gasteiger partial charge in [0.05, 0.1) is 13.2 Å². The first-order valence-corrected chi connectivity index (χ1v) is 5.69. The van der Waals surface area contributed by atoms with Crippen LogP contribution in [0.3, 0.4) is 0 Å². The predicted molar refractivity (Wildman–Crippen MR) is 61.0 cm³/mol. The third-order valence-electron chi connectivity index (χ3n) is 2.35. The van der Waals surface area contributed by atoms with Gasteiger partial charge in [-0.1, -0.05) is 6.92 Å². The van der Waals surface area contributed by atoms with Gasteiger partial charge in [0.25, 0.3) is 0 Å². The van der Waals surface area contributed by atoms with Crippen LogP contribution in [0.15, 0.2) is 5.10 Å². The van der Waals surface area contributed by atoms with E-state index in [0.29, 0.717) is 0 Å². The highest BCUT2D eigenvalue weighted by molar-refractivity contribution is 5.83. The highest BCUT2D eigenvalue weighted by Crippen LogP contribution is 2.12. The van der Waals surface area contributed by atoms with E-state index in [9.17, 15) is 0 Å². The molecule has 1 aliphatic rings. The Kier molecular flexibility index (Phi) is 5.65. The van der Waals surface area contributed by atoms with Crippen LogP contribution >= 0.6 is 0 Å². The van der Waals surface area contributed by atoms with Crippen molar-refractivity contribution < 1.29 is 9.47 Å². The molecule has 0 spiro atoms. The second-order valence-corrected chi connectivity index (χ2v) is 3.93. The van der Waals surface area contributed by atoms with Gasteiger partial charge in [-0.3, -0.25) is 0 Å². The summed E-state index contributed by atoms with van der Waals surface area (Å²) in [6.07, 6.45) is 4.16. The molecule has 0 aromatic rings. The monoisotopic (exact) mass is 214 g/mol. The molecular weight excluding hydrogens is 192 g/mol. The van der Waals surface area contributed by atoms with Crippen LogP contribution < -0.4 is 0 Å². The lowest BCUT2D eigenvalue weighted by atomic mass is 10.1. The van der Waals surface area contributed by atoms with Crippen molar-refractivity contribution in [2.75, 3.05) is 27.3 Å². The van der Waals surface area contributed by atoms with Crippen molar-refractivity contribution in [1.29, 1.82) is 0 Å². The topological polar surface area (TPSA) is 34.1 Å². The highest BCUT2D eigenvalue weighted by atomic mass is 16.7. The molecule has 0 aromatic heterocycles. The zero-order valence-electron chi connectivity index (χ0n) is 10.0. The molecule has 0 aromatic carbocycles. The summed E-state index contributed by atoms with van der Waals surface area (Å²) in [6, 6.07) is 0. The SMILES string of the molecule is CC/C(CCCC1OCCO1)=N\N(C)C. The molecule has 0 aliphatic carbocycles. The number of hydrogen-bond donors (Lipinski definition) is 0. The van der Waals surface area contributed by atoms with Crippen LogP contribution in [0, 0.1) is 0 Å². The zero-order valence-corrected chi connectivity index (χ0v) is 10.0. The van der Waals surface area contributed by atoms with Crippen LogP contribution in [0.4, 0.5) is 0 Å². The van der Waals surface area contributed by atoms with Gasteiger partial charge in [0.2, 0.25) is 0 Å². The van der Waals surface area contributed by atoms with E-state index >= 15 is 0 Å². The van der Waals surface area contributed by atoms with Gasteiger partial charge in [-0.25, -0.2) is 0 Å². The summed E-state index contributed by atoms with van der Waals surface area (Å²) >= 11 is 0. The van der Waals surface area contributed by atoms with Gasteiger partial charge in [0.1, 0.15) is 0 Å². The molecule has 0 saturated carbocycles. The average molecular weight is 214 g/mol. The van der Waals surface area contributed by atoms with E-state index in [0.717, 1.165) is 38.9 Å². The van der Waals surface area contributed by atoms with E-state index in [-0.39, 0.29) is 6.29 Å². The minimum absolute atomic E-state index is 0.0301. The van der Waals surface area contributed by atoms with Gasteiger partial charge in [-0.15, -0.1) is 0 Å². The lowest BCUT2D eigenvalue weighted by molar-refractivity contribution is -0.0473. The zero-order chi connectivity index (χ0) is 11.1. The Hall–Kier alpha value is -0.610. The largest absolute Gasteiger partial charge is 0.350 e.